The molecule has 1 aliphatic heterocycles. The number of ether oxygens (including phenoxy) is 2. The number of rotatable bonds is 8. The van der Waals surface area contributed by atoms with E-state index in [0.29, 0.717) is 11.5 Å². The zero-order valence-corrected chi connectivity index (χ0v) is 13.1. The van der Waals surface area contributed by atoms with Gasteiger partial charge in [0, 0.05) is 0 Å². The fourth-order valence-electron chi connectivity index (χ4n) is 2.19. The molecule has 0 radical (unpaired) electrons. The van der Waals surface area contributed by atoms with E-state index in [1.165, 1.54) is 0 Å². The number of Topliss-reactive ketones (excluding diaryl/α,β-unsaturated/α-hetero) is 1. The Morgan fingerprint density at radius 2 is 2.00 bits per heavy atom. The minimum atomic E-state index is -0.926. The number of allylic oxidation sites excluding steroid dienone is 3. The second-order valence-electron chi connectivity index (χ2n) is 5.16. The molecule has 1 heterocycles. The molecule has 20 heavy (non-hydrogen) atoms. The van der Waals surface area contributed by atoms with Gasteiger partial charge >= 0.3 is 0 Å². The van der Waals surface area contributed by atoms with Crippen molar-refractivity contribution in [1.29, 1.82) is 0 Å². The molecule has 1 unspecified atom stereocenters. The average molecular weight is 278 g/mol. The predicted octanol–water partition coefficient (Wildman–Crippen LogP) is 4.31. The lowest BCUT2D eigenvalue weighted by atomic mass is 9.93. The van der Waals surface area contributed by atoms with Crippen molar-refractivity contribution in [2.45, 2.75) is 58.5 Å². The SMILES string of the molecule is CC/C=C\C=C\C1(C)OC(OC)=C(CCCCC)C1=O. The molecule has 0 spiro atoms. The first-order chi connectivity index (χ1) is 9.59. The first-order valence-electron chi connectivity index (χ1n) is 7.44. The summed E-state index contributed by atoms with van der Waals surface area (Å²) in [5, 5.41) is 0. The van der Waals surface area contributed by atoms with Crippen LogP contribution in [0.1, 0.15) is 52.9 Å². The molecular formula is C17H26O3. The van der Waals surface area contributed by atoms with Gasteiger partial charge in [0.1, 0.15) is 0 Å². The molecule has 0 aromatic rings. The quantitative estimate of drug-likeness (QED) is 0.490. The van der Waals surface area contributed by atoms with Gasteiger partial charge in [0.05, 0.1) is 12.7 Å². The second-order valence-corrected chi connectivity index (χ2v) is 5.16. The molecule has 112 valence electrons. The molecule has 0 saturated heterocycles. The number of unbranched alkanes of at least 4 members (excludes halogenated alkanes) is 2. The van der Waals surface area contributed by atoms with Gasteiger partial charge in [0.25, 0.3) is 5.95 Å². The van der Waals surface area contributed by atoms with Crippen molar-refractivity contribution in [1.82, 2.24) is 0 Å². The van der Waals surface area contributed by atoms with Crippen LogP contribution in [-0.2, 0) is 14.3 Å². The van der Waals surface area contributed by atoms with E-state index in [1.54, 1.807) is 20.1 Å². The maximum atomic E-state index is 12.5. The molecule has 0 aromatic carbocycles. The van der Waals surface area contributed by atoms with Crippen molar-refractivity contribution in [3.63, 3.8) is 0 Å². The Hall–Kier alpha value is -1.51. The van der Waals surface area contributed by atoms with Crippen LogP contribution in [0.4, 0.5) is 0 Å². The summed E-state index contributed by atoms with van der Waals surface area (Å²) in [6.07, 6.45) is 12.6. The third kappa shape index (κ3) is 3.99. The molecule has 3 nitrogen and oxygen atoms in total. The van der Waals surface area contributed by atoms with E-state index in [9.17, 15) is 4.79 Å². The molecular weight excluding hydrogens is 252 g/mol. The van der Waals surface area contributed by atoms with E-state index in [1.807, 2.05) is 18.2 Å². The Balaban J connectivity index is 2.78. The van der Waals surface area contributed by atoms with E-state index >= 15 is 0 Å². The Kier molecular flexibility index (Phi) is 6.56. The van der Waals surface area contributed by atoms with Crippen molar-refractivity contribution in [2.75, 3.05) is 7.11 Å². The Bertz CT molecular complexity index is 418. The van der Waals surface area contributed by atoms with Crippen molar-refractivity contribution >= 4 is 5.78 Å². The van der Waals surface area contributed by atoms with Gasteiger partial charge < -0.3 is 9.47 Å². The lowest BCUT2D eigenvalue weighted by molar-refractivity contribution is -0.127. The van der Waals surface area contributed by atoms with E-state index in [4.69, 9.17) is 9.47 Å². The van der Waals surface area contributed by atoms with Crippen LogP contribution in [0.15, 0.2) is 35.8 Å². The van der Waals surface area contributed by atoms with Crippen molar-refractivity contribution in [2.24, 2.45) is 0 Å². The van der Waals surface area contributed by atoms with Crippen molar-refractivity contribution < 1.29 is 14.3 Å². The minimum absolute atomic E-state index is 0.0200. The molecule has 1 atom stereocenters. The largest absolute Gasteiger partial charge is 0.468 e. The Morgan fingerprint density at radius 1 is 1.25 bits per heavy atom. The topological polar surface area (TPSA) is 35.5 Å². The van der Waals surface area contributed by atoms with Crippen LogP contribution in [0, 0.1) is 0 Å². The molecule has 0 amide bonds. The minimum Gasteiger partial charge on any atom is -0.468 e. The second kappa shape index (κ2) is 7.93. The molecule has 0 fully saturated rings. The molecule has 0 aromatic heterocycles. The van der Waals surface area contributed by atoms with Gasteiger partial charge in [-0.3, -0.25) is 4.79 Å². The van der Waals surface area contributed by atoms with Gasteiger partial charge in [-0.15, -0.1) is 0 Å². The summed E-state index contributed by atoms with van der Waals surface area (Å²) in [5.41, 5.74) is -0.238. The van der Waals surface area contributed by atoms with Gasteiger partial charge in [-0.1, -0.05) is 44.9 Å². The van der Waals surface area contributed by atoms with E-state index in [2.05, 4.69) is 13.8 Å². The molecule has 1 rings (SSSR count). The first kappa shape index (κ1) is 16.5. The number of hydrogen-bond donors (Lipinski definition) is 0. The van der Waals surface area contributed by atoms with Crippen molar-refractivity contribution in [3.05, 3.63) is 35.8 Å². The summed E-state index contributed by atoms with van der Waals surface area (Å²) >= 11 is 0. The lowest BCUT2D eigenvalue weighted by Crippen LogP contribution is -2.31. The third-order valence-electron chi connectivity index (χ3n) is 3.39. The normalized spacial score (nSPS) is 23.1. The molecule has 0 saturated carbocycles. The highest BCUT2D eigenvalue weighted by Crippen LogP contribution is 2.34. The number of carbonyl (C=O) groups is 1. The van der Waals surface area contributed by atoms with Crippen LogP contribution in [0.5, 0.6) is 0 Å². The first-order valence-corrected chi connectivity index (χ1v) is 7.44. The standard InChI is InChI=1S/C17H26O3/c1-5-7-9-11-13-17(3)15(18)14(12-10-8-6-2)16(19-4)20-17/h7,9,11,13H,5-6,8,10,12H2,1-4H3/b9-7-,13-11+. The maximum Gasteiger partial charge on any atom is 0.287 e. The molecule has 1 aliphatic rings. The van der Waals surface area contributed by atoms with Crippen LogP contribution in [0.25, 0.3) is 0 Å². The number of carbonyl (C=O) groups excluding carboxylic acids is 1. The molecule has 0 N–H and O–H groups in total. The zero-order valence-electron chi connectivity index (χ0n) is 13.1. The van der Waals surface area contributed by atoms with Gasteiger partial charge in [-0.25, -0.2) is 0 Å². The summed E-state index contributed by atoms with van der Waals surface area (Å²) in [6.45, 7) is 6.00. The monoisotopic (exact) mass is 278 g/mol. The Labute approximate surface area is 122 Å². The molecule has 0 bridgehead atoms. The van der Waals surface area contributed by atoms with Gasteiger partial charge in [-0.05, 0) is 32.3 Å². The highest BCUT2D eigenvalue weighted by molar-refractivity contribution is 6.05. The van der Waals surface area contributed by atoms with Gasteiger partial charge in [0.2, 0.25) is 5.78 Å². The zero-order chi connectivity index (χ0) is 15.0. The summed E-state index contributed by atoms with van der Waals surface area (Å²) in [7, 11) is 1.55. The van der Waals surface area contributed by atoms with Crippen molar-refractivity contribution in [3.8, 4) is 0 Å². The molecule has 0 aliphatic carbocycles. The summed E-state index contributed by atoms with van der Waals surface area (Å²) < 4.78 is 11.0. The van der Waals surface area contributed by atoms with E-state index in [0.717, 1.165) is 32.1 Å². The highest BCUT2D eigenvalue weighted by atomic mass is 16.7. The fourth-order valence-corrected chi connectivity index (χ4v) is 2.19. The van der Waals surface area contributed by atoms with Crippen LogP contribution < -0.4 is 0 Å². The summed E-state index contributed by atoms with van der Waals surface area (Å²) in [5.74, 6) is 0.407. The van der Waals surface area contributed by atoms with Crippen LogP contribution in [-0.4, -0.2) is 18.5 Å². The van der Waals surface area contributed by atoms with Crippen LogP contribution in [0.3, 0.4) is 0 Å². The van der Waals surface area contributed by atoms with E-state index < -0.39 is 5.60 Å². The average Bonchev–Trinajstić information content (AvgIpc) is 2.69. The fraction of sp³-hybridized carbons (Fsp3) is 0.588. The predicted molar refractivity (Wildman–Crippen MR) is 81.2 cm³/mol. The number of hydrogen-bond acceptors (Lipinski definition) is 3. The summed E-state index contributed by atoms with van der Waals surface area (Å²) in [6, 6.07) is 0. The van der Waals surface area contributed by atoms with E-state index in [-0.39, 0.29) is 5.78 Å². The number of ketones is 1. The third-order valence-corrected chi connectivity index (χ3v) is 3.39. The molecule has 3 heteroatoms. The van der Waals surface area contributed by atoms with Gasteiger partial charge in [-0.2, -0.15) is 0 Å². The number of methoxy groups -OCH3 is 1. The van der Waals surface area contributed by atoms with Crippen LogP contribution in [0.2, 0.25) is 0 Å². The lowest BCUT2D eigenvalue weighted by Gasteiger charge is -2.18. The Morgan fingerprint density at radius 3 is 2.60 bits per heavy atom. The smallest absolute Gasteiger partial charge is 0.287 e. The van der Waals surface area contributed by atoms with Gasteiger partial charge in [0.15, 0.2) is 5.60 Å². The highest BCUT2D eigenvalue weighted by Gasteiger charge is 2.44. The maximum absolute atomic E-state index is 12.5. The summed E-state index contributed by atoms with van der Waals surface area (Å²) in [4.78, 5) is 12.5. The van der Waals surface area contributed by atoms with Crippen LogP contribution >= 0.6 is 0 Å².